The molecule has 4 rings (SSSR count). The van der Waals surface area contributed by atoms with Gasteiger partial charge in [0, 0.05) is 18.2 Å². The lowest BCUT2D eigenvalue weighted by atomic mass is 10.0. The van der Waals surface area contributed by atoms with Crippen molar-refractivity contribution in [3.05, 3.63) is 83.2 Å². The van der Waals surface area contributed by atoms with Crippen molar-refractivity contribution >= 4 is 27.3 Å². The van der Waals surface area contributed by atoms with Crippen LogP contribution in [0.1, 0.15) is 18.1 Å². The van der Waals surface area contributed by atoms with Crippen LogP contribution in [0.2, 0.25) is 0 Å². The Labute approximate surface area is 192 Å². The first-order valence-electron chi connectivity index (χ1n) is 10.8. The molecule has 32 heavy (non-hydrogen) atoms. The molecule has 0 saturated heterocycles. The Kier molecular flexibility index (Phi) is 7.07. The monoisotopic (exact) mass is 445 g/mol. The zero-order valence-corrected chi connectivity index (χ0v) is 19.2. The van der Waals surface area contributed by atoms with E-state index in [1.165, 1.54) is 39.3 Å². The Balaban J connectivity index is 1.30. The lowest BCUT2D eigenvalue weighted by Gasteiger charge is -2.10. The van der Waals surface area contributed by atoms with E-state index in [1.54, 1.807) is 11.3 Å². The van der Waals surface area contributed by atoms with E-state index >= 15 is 0 Å². The van der Waals surface area contributed by atoms with Gasteiger partial charge in [0.1, 0.15) is 24.7 Å². The summed E-state index contributed by atoms with van der Waals surface area (Å²) in [7, 11) is 0. The largest absolute Gasteiger partial charge is 0.490 e. The van der Waals surface area contributed by atoms with Crippen molar-refractivity contribution < 1.29 is 14.3 Å². The lowest BCUT2D eigenvalue weighted by Crippen LogP contribution is -2.22. The van der Waals surface area contributed by atoms with Gasteiger partial charge in [0.25, 0.3) is 0 Å². The molecule has 3 aromatic carbocycles. The molecule has 5 heteroatoms. The first-order chi connectivity index (χ1) is 15.6. The van der Waals surface area contributed by atoms with E-state index in [1.807, 2.05) is 18.2 Å². The van der Waals surface area contributed by atoms with Crippen LogP contribution in [0.15, 0.2) is 72.1 Å². The summed E-state index contributed by atoms with van der Waals surface area (Å²) in [5, 5.41) is 6.19. The summed E-state index contributed by atoms with van der Waals surface area (Å²) in [4.78, 5) is 11.1. The highest BCUT2D eigenvalue weighted by molar-refractivity contribution is 7.17. The van der Waals surface area contributed by atoms with Gasteiger partial charge in [-0.3, -0.25) is 4.79 Å². The van der Waals surface area contributed by atoms with Crippen molar-refractivity contribution in [2.24, 2.45) is 0 Å². The number of thiophene rings is 1. The van der Waals surface area contributed by atoms with Gasteiger partial charge in [-0.25, -0.2) is 0 Å². The Morgan fingerprint density at radius 2 is 1.66 bits per heavy atom. The molecule has 0 radical (unpaired) electrons. The number of ether oxygens (including phenoxy) is 2. The maximum absolute atomic E-state index is 11.1. The number of amides is 1. The number of carbonyl (C=O) groups excluding carboxylic acids is 1. The molecular formula is C27H27NO3S. The molecule has 0 aliphatic carbocycles. The van der Waals surface area contributed by atoms with Gasteiger partial charge in [-0.2, -0.15) is 0 Å². The van der Waals surface area contributed by atoms with Gasteiger partial charge in [-0.1, -0.05) is 36.4 Å². The second kappa shape index (κ2) is 10.3. The molecular weight excluding hydrogens is 418 g/mol. The van der Waals surface area contributed by atoms with Crippen LogP contribution in [0, 0.1) is 6.92 Å². The first kappa shape index (κ1) is 21.9. The quantitative estimate of drug-likeness (QED) is 0.321. The number of fused-ring (bicyclic) bond motifs is 1. The second-order valence-corrected chi connectivity index (χ2v) is 8.60. The van der Waals surface area contributed by atoms with Gasteiger partial charge >= 0.3 is 0 Å². The van der Waals surface area contributed by atoms with E-state index in [4.69, 9.17) is 9.47 Å². The van der Waals surface area contributed by atoms with Gasteiger partial charge in [-0.15, -0.1) is 11.3 Å². The Bertz CT molecular complexity index is 1200. The number of benzene rings is 3. The summed E-state index contributed by atoms with van der Waals surface area (Å²) in [6, 6.07) is 22.7. The Morgan fingerprint density at radius 1 is 0.938 bits per heavy atom. The predicted octanol–water partition coefficient (Wildman–Crippen LogP) is 6.01. The van der Waals surface area contributed by atoms with E-state index in [9.17, 15) is 4.79 Å². The molecule has 0 aliphatic heterocycles. The van der Waals surface area contributed by atoms with Crippen molar-refractivity contribution in [1.82, 2.24) is 5.32 Å². The van der Waals surface area contributed by atoms with Crippen LogP contribution < -0.4 is 14.8 Å². The lowest BCUT2D eigenvalue weighted by molar-refractivity contribution is -0.118. The fraction of sp³-hybridized carbons (Fsp3) is 0.222. The molecule has 4 nitrogen and oxygen atoms in total. The molecule has 4 aromatic rings. The number of rotatable bonds is 9. The van der Waals surface area contributed by atoms with Crippen LogP contribution in [0.25, 0.3) is 21.2 Å². The Morgan fingerprint density at radius 3 is 2.41 bits per heavy atom. The SMILES string of the molecule is CC(=O)NCCc1csc2ccc(OCCOc3ccc(-c4ccccc4C)cc3)cc12. The fourth-order valence-electron chi connectivity index (χ4n) is 3.66. The minimum Gasteiger partial charge on any atom is -0.490 e. The van der Waals surface area contributed by atoms with Crippen LogP contribution in [-0.2, 0) is 11.2 Å². The van der Waals surface area contributed by atoms with Crippen molar-refractivity contribution in [3.8, 4) is 22.6 Å². The van der Waals surface area contributed by atoms with Gasteiger partial charge < -0.3 is 14.8 Å². The van der Waals surface area contributed by atoms with Crippen molar-refractivity contribution in [3.63, 3.8) is 0 Å². The van der Waals surface area contributed by atoms with Crippen molar-refractivity contribution in [2.75, 3.05) is 19.8 Å². The third-order valence-electron chi connectivity index (χ3n) is 5.32. The summed E-state index contributed by atoms with van der Waals surface area (Å²) in [6.07, 6.45) is 0.810. The summed E-state index contributed by atoms with van der Waals surface area (Å²) in [6.45, 7) is 5.24. The summed E-state index contributed by atoms with van der Waals surface area (Å²) < 4.78 is 13.0. The fourth-order valence-corrected chi connectivity index (χ4v) is 4.64. The smallest absolute Gasteiger partial charge is 0.216 e. The van der Waals surface area contributed by atoms with Gasteiger partial charge in [0.2, 0.25) is 5.91 Å². The molecule has 0 fully saturated rings. The third kappa shape index (κ3) is 5.48. The summed E-state index contributed by atoms with van der Waals surface area (Å²) in [5.41, 5.74) is 4.91. The molecule has 0 spiro atoms. The highest BCUT2D eigenvalue weighted by Gasteiger charge is 2.07. The highest BCUT2D eigenvalue weighted by atomic mass is 32.1. The molecule has 1 N–H and O–H groups in total. The van der Waals surface area contributed by atoms with Crippen LogP contribution in [0.4, 0.5) is 0 Å². The van der Waals surface area contributed by atoms with E-state index in [0.29, 0.717) is 19.8 Å². The van der Waals surface area contributed by atoms with Crippen molar-refractivity contribution in [2.45, 2.75) is 20.3 Å². The number of aryl methyl sites for hydroxylation is 1. The average molecular weight is 446 g/mol. The number of hydrogen-bond acceptors (Lipinski definition) is 4. The molecule has 164 valence electrons. The molecule has 0 unspecified atom stereocenters. The molecule has 0 atom stereocenters. The maximum Gasteiger partial charge on any atom is 0.216 e. The minimum absolute atomic E-state index is 0.00150. The number of carbonyl (C=O) groups is 1. The zero-order valence-electron chi connectivity index (χ0n) is 18.4. The molecule has 0 bridgehead atoms. The van der Waals surface area contributed by atoms with Crippen LogP contribution in [0.3, 0.4) is 0 Å². The highest BCUT2D eigenvalue weighted by Crippen LogP contribution is 2.30. The van der Waals surface area contributed by atoms with Gasteiger partial charge in [-0.05, 0) is 76.7 Å². The van der Waals surface area contributed by atoms with Crippen LogP contribution in [0.5, 0.6) is 11.5 Å². The predicted molar refractivity (Wildman–Crippen MR) is 132 cm³/mol. The Hall–Kier alpha value is -3.31. The molecule has 0 saturated carbocycles. The topological polar surface area (TPSA) is 47.6 Å². The number of hydrogen-bond donors (Lipinski definition) is 1. The van der Waals surface area contributed by atoms with E-state index in [-0.39, 0.29) is 5.91 Å². The number of nitrogens with one attached hydrogen (secondary N) is 1. The molecule has 0 aliphatic rings. The average Bonchev–Trinajstić information content (AvgIpc) is 3.20. The van der Waals surface area contributed by atoms with Gasteiger partial charge in [0.15, 0.2) is 0 Å². The normalized spacial score (nSPS) is 10.8. The van der Waals surface area contributed by atoms with Crippen LogP contribution >= 0.6 is 11.3 Å². The van der Waals surface area contributed by atoms with Crippen LogP contribution in [-0.4, -0.2) is 25.7 Å². The molecule has 1 amide bonds. The van der Waals surface area contributed by atoms with E-state index < -0.39 is 0 Å². The first-order valence-corrected chi connectivity index (χ1v) is 11.6. The van der Waals surface area contributed by atoms with E-state index in [0.717, 1.165) is 17.9 Å². The second-order valence-electron chi connectivity index (χ2n) is 7.69. The minimum atomic E-state index is -0.00150. The zero-order chi connectivity index (χ0) is 22.3. The summed E-state index contributed by atoms with van der Waals surface area (Å²) >= 11 is 1.71. The molecule has 1 aromatic heterocycles. The molecule has 1 heterocycles. The van der Waals surface area contributed by atoms with Gasteiger partial charge in [0.05, 0.1) is 0 Å². The third-order valence-corrected chi connectivity index (χ3v) is 6.34. The summed E-state index contributed by atoms with van der Waals surface area (Å²) in [5.74, 6) is 1.66. The standard InChI is InChI=1S/C27H27NO3S/c1-19-5-3-4-6-25(19)21-7-9-23(10-8-21)30-15-16-31-24-11-12-27-26(17-24)22(18-32-27)13-14-28-20(2)29/h3-12,17-18H,13-16H2,1-2H3,(H,28,29). The van der Waals surface area contributed by atoms with Crippen molar-refractivity contribution in [1.29, 1.82) is 0 Å². The maximum atomic E-state index is 11.1. The van der Waals surface area contributed by atoms with E-state index in [2.05, 4.69) is 66.2 Å².